The predicted octanol–water partition coefficient (Wildman–Crippen LogP) is 3.87. The van der Waals surface area contributed by atoms with Gasteiger partial charge in [-0.2, -0.15) is 0 Å². The normalized spacial score (nSPS) is 21.2. The Labute approximate surface area is 200 Å². The van der Waals surface area contributed by atoms with Crippen molar-refractivity contribution >= 4 is 22.8 Å². The first kappa shape index (κ1) is 21.6. The molecule has 3 aliphatic rings. The van der Waals surface area contributed by atoms with Gasteiger partial charge in [-0.3, -0.25) is 4.90 Å². The number of carbonyl (C=O) groups is 1. The minimum Gasteiger partial charge on any atom is -0.452 e. The topological polar surface area (TPSA) is 59.8 Å². The number of amides is 1. The number of likely N-dealkylation sites (tertiary alicyclic amines) is 1. The van der Waals surface area contributed by atoms with Gasteiger partial charge in [-0.15, -0.1) is 0 Å². The third kappa shape index (κ3) is 3.58. The van der Waals surface area contributed by atoms with Crippen LogP contribution in [0.3, 0.4) is 0 Å². The minimum absolute atomic E-state index is 0.109. The number of nitrogens with zero attached hydrogens (tertiary/aromatic N) is 4. The Morgan fingerprint density at radius 2 is 1.94 bits per heavy atom. The Balaban J connectivity index is 1.36. The Hall–Kier alpha value is -2.90. The summed E-state index contributed by atoms with van der Waals surface area (Å²) in [6, 6.07) is 14.9. The van der Waals surface area contributed by atoms with Crippen LogP contribution in [0, 0.1) is 5.41 Å². The van der Waals surface area contributed by atoms with Crippen LogP contribution in [0.25, 0.3) is 11.0 Å². The zero-order chi connectivity index (χ0) is 23.3. The highest BCUT2D eigenvalue weighted by atomic mass is 16.5. The summed E-state index contributed by atoms with van der Waals surface area (Å²) in [6.07, 6.45) is 2.31. The number of fused-ring (bicyclic) bond motifs is 3. The lowest BCUT2D eigenvalue weighted by Gasteiger charge is -2.55. The van der Waals surface area contributed by atoms with E-state index in [1.807, 2.05) is 0 Å². The van der Waals surface area contributed by atoms with E-state index in [1.54, 1.807) is 4.90 Å². The molecule has 0 N–H and O–H groups in total. The zero-order valence-electron chi connectivity index (χ0n) is 20.0. The molecular weight excluding hydrogens is 428 g/mol. The van der Waals surface area contributed by atoms with Crippen LogP contribution in [0.4, 0.5) is 10.5 Å². The first-order valence-electron chi connectivity index (χ1n) is 12.3. The molecule has 34 heavy (non-hydrogen) atoms. The summed E-state index contributed by atoms with van der Waals surface area (Å²) in [5, 5.41) is 0. The summed E-state index contributed by atoms with van der Waals surface area (Å²) in [4.78, 5) is 22.1. The van der Waals surface area contributed by atoms with Crippen molar-refractivity contribution < 1.29 is 14.3 Å². The van der Waals surface area contributed by atoms with E-state index in [4.69, 9.17) is 14.5 Å². The number of hydrogen-bond donors (Lipinski definition) is 0. The van der Waals surface area contributed by atoms with Crippen LogP contribution >= 0.6 is 0 Å². The van der Waals surface area contributed by atoms with E-state index in [-0.39, 0.29) is 12.1 Å². The molecule has 4 heterocycles. The first-order valence-corrected chi connectivity index (χ1v) is 12.3. The number of rotatable bonds is 5. The lowest BCUT2D eigenvalue weighted by Crippen LogP contribution is -2.66. The largest absolute Gasteiger partial charge is 0.452 e. The van der Waals surface area contributed by atoms with Crippen molar-refractivity contribution in [2.75, 3.05) is 44.9 Å². The molecule has 3 aromatic rings. The quantitative estimate of drug-likeness (QED) is 0.579. The molecule has 178 valence electrons. The van der Waals surface area contributed by atoms with E-state index < -0.39 is 0 Å². The lowest BCUT2D eigenvalue weighted by molar-refractivity contribution is -0.189. The molecule has 2 fully saturated rings. The second kappa shape index (κ2) is 8.40. The van der Waals surface area contributed by atoms with Gasteiger partial charge in [0.15, 0.2) is 0 Å². The summed E-state index contributed by atoms with van der Waals surface area (Å²) >= 11 is 0. The second-order valence-electron chi connectivity index (χ2n) is 10.2. The highest BCUT2D eigenvalue weighted by Gasteiger charge is 2.48. The Morgan fingerprint density at radius 1 is 1.15 bits per heavy atom. The standard InChI is InChI=1S/C27H32N4O3/c1-19-8-9-21-22(31(19)26(32)33-2)10-11-23-25(21)28-24(14-20-6-4-3-5-7-20)30(23)13-12-29-15-27(16-29)17-34-18-27/h3-7,10-11,19H,8-9,12-18H2,1-2H3/t19-/m0/s1. The number of aryl methyl sites for hydroxylation is 1. The fraction of sp³-hybridized carbons (Fsp3) is 0.481. The summed E-state index contributed by atoms with van der Waals surface area (Å²) in [7, 11) is 1.45. The summed E-state index contributed by atoms with van der Waals surface area (Å²) in [5.74, 6) is 1.08. The Morgan fingerprint density at radius 3 is 2.65 bits per heavy atom. The van der Waals surface area contributed by atoms with Gasteiger partial charge in [0.05, 0.1) is 37.0 Å². The highest BCUT2D eigenvalue weighted by Crippen LogP contribution is 2.38. The smallest absolute Gasteiger partial charge is 0.414 e. The third-order valence-electron chi connectivity index (χ3n) is 7.74. The van der Waals surface area contributed by atoms with Gasteiger partial charge in [0.2, 0.25) is 0 Å². The predicted molar refractivity (Wildman–Crippen MR) is 131 cm³/mol. The molecule has 0 radical (unpaired) electrons. The van der Waals surface area contributed by atoms with Crippen LogP contribution in [0.1, 0.15) is 30.3 Å². The third-order valence-corrected chi connectivity index (χ3v) is 7.74. The average Bonchev–Trinajstić information content (AvgIpc) is 3.14. The Bertz CT molecular complexity index is 1210. The molecule has 0 unspecified atom stereocenters. The van der Waals surface area contributed by atoms with Crippen molar-refractivity contribution in [3.8, 4) is 0 Å². The van der Waals surface area contributed by atoms with Crippen molar-refractivity contribution in [2.24, 2.45) is 5.41 Å². The van der Waals surface area contributed by atoms with Crippen LogP contribution in [0.5, 0.6) is 0 Å². The molecule has 7 nitrogen and oxygen atoms in total. The highest BCUT2D eigenvalue weighted by molar-refractivity contribution is 5.95. The number of benzene rings is 2. The average molecular weight is 461 g/mol. The fourth-order valence-corrected chi connectivity index (χ4v) is 5.89. The molecule has 1 atom stereocenters. The van der Waals surface area contributed by atoms with Crippen LogP contribution in [-0.2, 0) is 28.9 Å². The van der Waals surface area contributed by atoms with Crippen molar-refractivity contribution in [1.29, 1.82) is 0 Å². The van der Waals surface area contributed by atoms with Crippen LogP contribution in [0.15, 0.2) is 42.5 Å². The van der Waals surface area contributed by atoms with E-state index in [9.17, 15) is 4.79 Å². The van der Waals surface area contributed by atoms with Gasteiger partial charge in [0.1, 0.15) is 5.82 Å². The van der Waals surface area contributed by atoms with E-state index in [0.717, 1.165) is 86.8 Å². The molecular formula is C27H32N4O3. The van der Waals surface area contributed by atoms with Gasteiger partial charge in [-0.1, -0.05) is 30.3 Å². The van der Waals surface area contributed by atoms with E-state index in [0.29, 0.717) is 5.41 Å². The number of methoxy groups -OCH3 is 1. The van der Waals surface area contributed by atoms with Gasteiger partial charge in [-0.05, 0) is 37.5 Å². The summed E-state index contributed by atoms with van der Waals surface area (Å²) < 4.78 is 12.9. The Kier molecular flexibility index (Phi) is 5.34. The number of anilines is 1. The molecule has 1 amide bonds. The maximum atomic E-state index is 12.6. The molecule has 0 saturated carbocycles. The van der Waals surface area contributed by atoms with E-state index >= 15 is 0 Å². The number of ether oxygens (including phenoxy) is 2. The van der Waals surface area contributed by atoms with Crippen LogP contribution in [-0.4, -0.2) is 66.5 Å². The van der Waals surface area contributed by atoms with Gasteiger partial charge in [0.25, 0.3) is 0 Å². The van der Waals surface area contributed by atoms with E-state index in [1.165, 1.54) is 12.7 Å². The molecule has 0 aliphatic carbocycles. The number of aromatic nitrogens is 2. The van der Waals surface area contributed by atoms with Gasteiger partial charge in [0, 0.05) is 49.6 Å². The number of hydrogen-bond acceptors (Lipinski definition) is 5. The molecule has 3 aliphatic heterocycles. The summed E-state index contributed by atoms with van der Waals surface area (Å²) in [5.41, 5.74) is 5.96. The van der Waals surface area contributed by atoms with E-state index in [2.05, 4.69) is 58.9 Å². The molecule has 7 heteroatoms. The first-order chi connectivity index (χ1) is 16.6. The van der Waals surface area contributed by atoms with Crippen molar-refractivity contribution in [3.05, 3.63) is 59.4 Å². The lowest BCUT2D eigenvalue weighted by atomic mass is 9.78. The van der Waals surface area contributed by atoms with Crippen LogP contribution in [0.2, 0.25) is 0 Å². The second-order valence-corrected chi connectivity index (χ2v) is 10.2. The summed E-state index contributed by atoms with van der Waals surface area (Å²) in [6.45, 7) is 8.10. The van der Waals surface area contributed by atoms with Crippen molar-refractivity contribution in [3.63, 3.8) is 0 Å². The van der Waals surface area contributed by atoms with Crippen LogP contribution < -0.4 is 4.90 Å². The zero-order valence-corrected chi connectivity index (χ0v) is 20.0. The maximum Gasteiger partial charge on any atom is 0.414 e. The molecule has 6 rings (SSSR count). The van der Waals surface area contributed by atoms with Gasteiger partial charge < -0.3 is 18.9 Å². The molecule has 2 aromatic carbocycles. The molecule has 0 bridgehead atoms. The fourth-order valence-electron chi connectivity index (χ4n) is 5.89. The maximum absolute atomic E-state index is 12.6. The number of imidazole rings is 1. The SMILES string of the molecule is COC(=O)N1c2ccc3c(nc(Cc4ccccc4)n3CCN3CC4(COC4)C3)c2CC[C@@H]1C. The van der Waals surface area contributed by atoms with Gasteiger partial charge >= 0.3 is 6.09 Å². The monoisotopic (exact) mass is 460 g/mol. The molecule has 1 aromatic heterocycles. The van der Waals surface area contributed by atoms with Crippen molar-refractivity contribution in [1.82, 2.24) is 14.5 Å². The molecule has 1 spiro atoms. The minimum atomic E-state index is -0.302. The van der Waals surface area contributed by atoms with Gasteiger partial charge in [-0.25, -0.2) is 9.78 Å². The number of carbonyl (C=O) groups excluding carboxylic acids is 1. The molecule has 2 saturated heterocycles. The van der Waals surface area contributed by atoms with Crippen molar-refractivity contribution in [2.45, 2.75) is 38.8 Å².